The van der Waals surface area contributed by atoms with Crippen LogP contribution in [0.25, 0.3) is 33.3 Å². The van der Waals surface area contributed by atoms with Crippen molar-refractivity contribution < 1.29 is 4.39 Å². The molecule has 0 spiro atoms. The van der Waals surface area contributed by atoms with Gasteiger partial charge >= 0.3 is 0 Å². The fraction of sp³-hybridized carbons (Fsp3) is 0.0500. The third kappa shape index (κ3) is 3.01. The average Bonchev–Trinajstić information content (AvgIpc) is 3.21. The molecule has 28 heavy (non-hydrogen) atoms. The van der Waals surface area contributed by atoms with Gasteiger partial charge in [0.25, 0.3) is 0 Å². The second kappa shape index (κ2) is 6.66. The Balaban J connectivity index is 1.44. The minimum atomic E-state index is -0.257. The molecule has 3 heterocycles. The molecule has 3 aromatic heterocycles. The second-order valence-electron chi connectivity index (χ2n) is 6.30. The molecule has 0 radical (unpaired) electrons. The van der Waals surface area contributed by atoms with Crippen molar-refractivity contribution in [3.63, 3.8) is 0 Å². The number of nitrogens with zero attached hydrogens (tertiary/aromatic N) is 5. The summed E-state index contributed by atoms with van der Waals surface area (Å²) >= 11 is 0. The molecule has 0 bridgehead atoms. The molecule has 5 aromatic rings. The Hall–Kier alpha value is -3.94. The highest BCUT2D eigenvalue weighted by atomic mass is 19.1. The lowest BCUT2D eigenvalue weighted by atomic mass is 10.1. The zero-order valence-electron chi connectivity index (χ0n) is 14.6. The van der Waals surface area contributed by atoms with Crippen molar-refractivity contribution in [3.8, 4) is 11.3 Å². The normalized spacial score (nSPS) is 11.2. The predicted molar refractivity (Wildman–Crippen MR) is 104 cm³/mol. The second-order valence-corrected chi connectivity index (χ2v) is 6.30. The van der Waals surface area contributed by atoms with Crippen molar-refractivity contribution >= 4 is 27.9 Å². The predicted octanol–water partition coefficient (Wildman–Crippen LogP) is 3.71. The van der Waals surface area contributed by atoms with Crippen molar-refractivity contribution in [2.75, 3.05) is 5.32 Å². The molecule has 0 amide bonds. The highest BCUT2D eigenvalue weighted by Gasteiger charge is 2.09. The van der Waals surface area contributed by atoms with Gasteiger partial charge in [0.2, 0.25) is 0 Å². The van der Waals surface area contributed by atoms with Crippen LogP contribution in [0.1, 0.15) is 5.56 Å². The van der Waals surface area contributed by atoms with Crippen LogP contribution in [0.15, 0.2) is 61.2 Å². The molecule has 0 saturated heterocycles. The van der Waals surface area contributed by atoms with Crippen LogP contribution in [-0.4, -0.2) is 30.1 Å². The van der Waals surface area contributed by atoms with Gasteiger partial charge in [-0.05, 0) is 29.8 Å². The fourth-order valence-corrected chi connectivity index (χ4v) is 3.08. The summed E-state index contributed by atoms with van der Waals surface area (Å²) in [5.41, 5.74) is 4.74. The van der Waals surface area contributed by atoms with E-state index in [4.69, 9.17) is 0 Å². The SMILES string of the molecule is Fc1cccc(CNc2cnc3cc(-c4ncnc5[nH]ncc45)ccc3n2)c1. The van der Waals surface area contributed by atoms with Gasteiger partial charge in [-0.1, -0.05) is 18.2 Å². The van der Waals surface area contributed by atoms with Crippen LogP contribution in [0.3, 0.4) is 0 Å². The Bertz CT molecular complexity index is 1300. The molecule has 7 nitrogen and oxygen atoms in total. The number of aromatic nitrogens is 6. The summed E-state index contributed by atoms with van der Waals surface area (Å²) in [6.45, 7) is 0.468. The summed E-state index contributed by atoms with van der Waals surface area (Å²) in [6.07, 6.45) is 4.88. The number of fused-ring (bicyclic) bond motifs is 2. The molecular formula is C20H14FN7. The summed E-state index contributed by atoms with van der Waals surface area (Å²) in [5.74, 6) is 0.372. The van der Waals surface area contributed by atoms with E-state index in [1.54, 1.807) is 18.5 Å². The maximum atomic E-state index is 13.3. The minimum Gasteiger partial charge on any atom is -0.365 e. The summed E-state index contributed by atoms with van der Waals surface area (Å²) in [4.78, 5) is 17.6. The molecule has 5 rings (SSSR count). The molecule has 0 unspecified atom stereocenters. The summed E-state index contributed by atoms with van der Waals surface area (Å²) in [5, 5.41) is 10.9. The summed E-state index contributed by atoms with van der Waals surface area (Å²) in [6, 6.07) is 12.2. The van der Waals surface area contributed by atoms with E-state index < -0.39 is 0 Å². The first-order valence-electron chi connectivity index (χ1n) is 8.66. The fourth-order valence-electron chi connectivity index (χ4n) is 3.08. The maximum absolute atomic E-state index is 13.3. The first-order chi connectivity index (χ1) is 13.8. The largest absolute Gasteiger partial charge is 0.365 e. The van der Waals surface area contributed by atoms with E-state index in [1.807, 2.05) is 24.3 Å². The molecule has 136 valence electrons. The van der Waals surface area contributed by atoms with Crippen LogP contribution in [0.2, 0.25) is 0 Å². The smallest absolute Gasteiger partial charge is 0.159 e. The third-order valence-corrected chi connectivity index (χ3v) is 4.43. The molecule has 2 aromatic carbocycles. The first kappa shape index (κ1) is 16.2. The van der Waals surface area contributed by atoms with E-state index in [0.717, 1.165) is 33.2 Å². The Morgan fingerprint density at radius 1 is 0.964 bits per heavy atom. The van der Waals surface area contributed by atoms with Gasteiger partial charge in [0.05, 0.1) is 34.5 Å². The molecule has 0 aliphatic rings. The van der Waals surface area contributed by atoms with Crippen LogP contribution >= 0.6 is 0 Å². The Morgan fingerprint density at radius 2 is 1.93 bits per heavy atom. The minimum absolute atomic E-state index is 0.257. The van der Waals surface area contributed by atoms with Crippen LogP contribution in [-0.2, 0) is 6.54 Å². The van der Waals surface area contributed by atoms with Crippen molar-refractivity contribution in [2.45, 2.75) is 6.54 Å². The lowest BCUT2D eigenvalue weighted by Gasteiger charge is -2.08. The topological polar surface area (TPSA) is 92.3 Å². The number of H-pyrrole nitrogens is 1. The summed E-state index contributed by atoms with van der Waals surface area (Å²) < 4.78 is 13.3. The first-order valence-corrected chi connectivity index (χ1v) is 8.66. The summed E-state index contributed by atoms with van der Waals surface area (Å²) in [7, 11) is 0. The van der Waals surface area contributed by atoms with Gasteiger partial charge in [-0.2, -0.15) is 5.10 Å². The zero-order valence-corrected chi connectivity index (χ0v) is 14.6. The number of aromatic amines is 1. The van der Waals surface area contributed by atoms with Gasteiger partial charge in [-0.15, -0.1) is 0 Å². The molecule has 0 aliphatic carbocycles. The number of halogens is 1. The zero-order chi connectivity index (χ0) is 18.9. The molecule has 0 fully saturated rings. The maximum Gasteiger partial charge on any atom is 0.159 e. The van der Waals surface area contributed by atoms with E-state index >= 15 is 0 Å². The van der Waals surface area contributed by atoms with E-state index in [2.05, 4.69) is 35.5 Å². The number of rotatable bonds is 4. The Labute approximate surface area is 158 Å². The van der Waals surface area contributed by atoms with Gasteiger partial charge in [-0.3, -0.25) is 10.1 Å². The number of hydrogen-bond acceptors (Lipinski definition) is 6. The van der Waals surface area contributed by atoms with Crippen molar-refractivity contribution in [1.29, 1.82) is 0 Å². The number of hydrogen-bond donors (Lipinski definition) is 2. The van der Waals surface area contributed by atoms with E-state index in [9.17, 15) is 4.39 Å². The number of nitrogens with one attached hydrogen (secondary N) is 2. The molecule has 0 saturated carbocycles. The monoisotopic (exact) mass is 371 g/mol. The molecular weight excluding hydrogens is 357 g/mol. The van der Waals surface area contributed by atoms with Gasteiger partial charge in [0, 0.05) is 12.1 Å². The van der Waals surface area contributed by atoms with E-state index in [1.165, 1.54) is 18.5 Å². The highest BCUT2D eigenvalue weighted by Crippen LogP contribution is 2.26. The van der Waals surface area contributed by atoms with Crippen LogP contribution in [0, 0.1) is 5.82 Å². The highest BCUT2D eigenvalue weighted by molar-refractivity contribution is 5.92. The number of anilines is 1. The van der Waals surface area contributed by atoms with Crippen molar-refractivity contribution in [1.82, 2.24) is 30.1 Å². The third-order valence-electron chi connectivity index (χ3n) is 4.43. The quantitative estimate of drug-likeness (QED) is 0.500. The van der Waals surface area contributed by atoms with Crippen LogP contribution < -0.4 is 5.32 Å². The van der Waals surface area contributed by atoms with E-state index in [-0.39, 0.29) is 5.82 Å². The van der Waals surface area contributed by atoms with Gasteiger partial charge < -0.3 is 5.32 Å². The molecule has 0 aliphatic heterocycles. The lowest BCUT2D eigenvalue weighted by Crippen LogP contribution is -2.02. The van der Waals surface area contributed by atoms with Gasteiger partial charge in [-0.25, -0.2) is 19.3 Å². The van der Waals surface area contributed by atoms with E-state index in [0.29, 0.717) is 18.0 Å². The van der Waals surface area contributed by atoms with Crippen LogP contribution in [0.4, 0.5) is 10.2 Å². The van der Waals surface area contributed by atoms with Crippen molar-refractivity contribution in [2.24, 2.45) is 0 Å². The van der Waals surface area contributed by atoms with Gasteiger partial charge in [0.1, 0.15) is 18.0 Å². The molecule has 2 N–H and O–H groups in total. The van der Waals surface area contributed by atoms with Gasteiger partial charge in [0.15, 0.2) is 5.65 Å². The average molecular weight is 371 g/mol. The van der Waals surface area contributed by atoms with Crippen molar-refractivity contribution in [3.05, 3.63) is 72.6 Å². The van der Waals surface area contributed by atoms with Crippen LogP contribution in [0.5, 0.6) is 0 Å². The Kier molecular flexibility index (Phi) is 3.86. The lowest BCUT2D eigenvalue weighted by molar-refractivity contribution is 0.626. The standard InChI is InChI=1S/C20H14FN7/c21-14-3-1-2-12(6-14)8-23-18-10-22-17-7-13(4-5-16(17)27-18)19-15-9-26-28-20(15)25-11-24-19/h1-7,9-11H,8H2,(H,23,27)(H,24,25,26,28). The molecule has 0 atom stereocenters. The Morgan fingerprint density at radius 3 is 2.86 bits per heavy atom. The molecule has 8 heteroatoms. The number of benzene rings is 2.